The lowest BCUT2D eigenvalue weighted by atomic mass is 9.85. The molecule has 2 amide bonds. The van der Waals surface area contributed by atoms with Gasteiger partial charge in [0.25, 0.3) is 0 Å². The van der Waals surface area contributed by atoms with Gasteiger partial charge in [-0.1, -0.05) is 61.3 Å². The van der Waals surface area contributed by atoms with E-state index in [1.807, 2.05) is 37.3 Å². The molecule has 0 aliphatic carbocycles. The van der Waals surface area contributed by atoms with Crippen molar-refractivity contribution in [1.82, 2.24) is 5.32 Å². The molecule has 1 heterocycles. The molecule has 0 saturated carbocycles. The van der Waals surface area contributed by atoms with Gasteiger partial charge in [0.1, 0.15) is 11.6 Å². The molecule has 0 saturated heterocycles. The second-order valence-electron chi connectivity index (χ2n) is 8.41. The summed E-state index contributed by atoms with van der Waals surface area (Å²) in [6.07, 6.45) is 1.40. The van der Waals surface area contributed by atoms with Gasteiger partial charge in [0.2, 0.25) is 5.91 Å². The van der Waals surface area contributed by atoms with Gasteiger partial charge in [-0.2, -0.15) is 0 Å². The van der Waals surface area contributed by atoms with Gasteiger partial charge < -0.3 is 20.5 Å². The second-order valence-corrected chi connectivity index (χ2v) is 8.82. The highest BCUT2D eigenvalue weighted by Gasteiger charge is 2.43. The van der Waals surface area contributed by atoms with Crippen LogP contribution in [0.15, 0.2) is 60.7 Å². The zero-order valence-corrected chi connectivity index (χ0v) is 20.0. The maximum atomic E-state index is 15.1. The minimum absolute atomic E-state index is 0.0233. The highest BCUT2D eigenvalue weighted by molar-refractivity contribution is 6.34. The molecule has 1 aliphatic rings. The molecule has 0 aromatic heterocycles. The normalized spacial score (nSPS) is 16.3. The first kappa shape index (κ1) is 24.5. The number of unbranched alkanes of at least 4 members (excludes halogenated alkanes) is 1. The van der Waals surface area contributed by atoms with Crippen LogP contribution in [-0.2, 0) is 16.8 Å². The lowest BCUT2D eigenvalue weighted by molar-refractivity contribution is 0.0837. The van der Waals surface area contributed by atoms with Crippen LogP contribution >= 0.6 is 11.6 Å². The fourth-order valence-corrected chi connectivity index (χ4v) is 4.61. The third kappa shape index (κ3) is 4.95. The second kappa shape index (κ2) is 10.4. The molecule has 0 radical (unpaired) electrons. The highest BCUT2D eigenvalue weighted by atomic mass is 35.5. The monoisotopic (exact) mass is 496 g/mol. The Morgan fingerprint density at radius 2 is 1.89 bits per heavy atom. The molecule has 4 rings (SSSR count). The Morgan fingerprint density at radius 3 is 2.60 bits per heavy atom. The number of carbonyl (C=O) groups is 2. The molecule has 0 unspecified atom stereocenters. The number of hydrogen-bond donors (Lipinski definition) is 2. The number of alkyl carbamates (subject to hydrolysis) is 1. The van der Waals surface area contributed by atoms with Crippen LogP contribution < -0.4 is 15.8 Å². The minimum atomic E-state index is -0.995. The van der Waals surface area contributed by atoms with Crippen molar-refractivity contribution < 1.29 is 23.5 Å². The summed E-state index contributed by atoms with van der Waals surface area (Å²) in [4.78, 5) is 24.4. The fraction of sp³-hybridized carbons (Fsp3) is 0.259. The molecule has 8 heteroatoms. The highest BCUT2D eigenvalue weighted by Crippen LogP contribution is 2.48. The summed E-state index contributed by atoms with van der Waals surface area (Å²) < 4.78 is 26.8. The van der Waals surface area contributed by atoms with Crippen molar-refractivity contribution in [1.29, 1.82) is 0 Å². The lowest BCUT2D eigenvalue weighted by Crippen LogP contribution is -2.44. The molecule has 3 aromatic carbocycles. The Balaban J connectivity index is 1.76. The fourth-order valence-electron chi connectivity index (χ4n) is 4.34. The number of amides is 2. The van der Waals surface area contributed by atoms with Crippen LogP contribution in [0.5, 0.6) is 5.75 Å². The molecule has 35 heavy (non-hydrogen) atoms. The van der Waals surface area contributed by atoms with E-state index in [-0.39, 0.29) is 29.1 Å². The van der Waals surface area contributed by atoms with Crippen molar-refractivity contribution in [3.8, 4) is 16.9 Å². The SMILES string of the molecule is CCCCOC(=O)NC[C@@]1(c2ccccc2)Cc2c(ccc(Cl)c2-c2c(F)cccc2C(N)=O)O1. The van der Waals surface area contributed by atoms with E-state index >= 15 is 4.39 Å². The first-order valence-electron chi connectivity index (χ1n) is 11.4. The molecule has 0 fully saturated rings. The van der Waals surface area contributed by atoms with Gasteiger partial charge in [0.05, 0.1) is 13.2 Å². The van der Waals surface area contributed by atoms with E-state index in [2.05, 4.69) is 5.32 Å². The summed E-state index contributed by atoms with van der Waals surface area (Å²) >= 11 is 6.56. The number of primary amides is 1. The number of carbonyl (C=O) groups excluding carboxylic acids is 2. The Kier molecular flexibility index (Phi) is 7.26. The molecular weight excluding hydrogens is 471 g/mol. The number of ether oxygens (including phenoxy) is 2. The summed E-state index contributed by atoms with van der Waals surface area (Å²) in [6, 6.07) is 16.9. The summed E-state index contributed by atoms with van der Waals surface area (Å²) in [5, 5.41) is 3.07. The van der Waals surface area contributed by atoms with Gasteiger partial charge in [-0.15, -0.1) is 0 Å². The van der Waals surface area contributed by atoms with Crippen molar-refractivity contribution in [2.24, 2.45) is 5.73 Å². The van der Waals surface area contributed by atoms with Gasteiger partial charge in [0, 0.05) is 33.7 Å². The van der Waals surface area contributed by atoms with E-state index in [0.717, 1.165) is 18.4 Å². The summed E-state index contributed by atoms with van der Waals surface area (Å²) in [6.45, 7) is 2.44. The number of halogens is 2. The topological polar surface area (TPSA) is 90.6 Å². The number of nitrogens with two attached hydrogens (primary N) is 1. The minimum Gasteiger partial charge on any atom is -0.480 e. The van der Waals surface area contributed by atoms with E-state index in [4.69, 9.17) is 26.8 Å². The largest absolute Gasteiger partial charge is 0.480 e. The van der Waals surface area contributed by atoms with Gasteiger partial charge in [-0.25, -0.2) is 9.18 Å². The average molecular weight is 497 g/mol. The molecule has 0 spiro atoms. The van der Waals surface area contributed by atoms with Crippen LogP contribution in [0.2, 0.25) is 5.02 Å². The number of nitrogens with one attached hydrogen (secondary N) is 1. The van der Waals surface area contributed by atoms with Crippen LogP contribution in [-0.4, -0.2) is 25.2 Å². The standard InChI is InChI=1S/C27H26ClFN2O4/c1-2-3-14-34-26(33)31-16-27(17-8-5-4-6-9-17)15-19-22(35-27)13-12-20(28)23(19)24-18(25(30)32)10-7-11-21(24)29/h4-13H,2-3,14-16H2,1H3,(H2,30,32)(H,31,33)/t27-/m1/s1. The van der Waals surface area contributed by atoms with Crippen LogP contribution in [0, 0.1) is 5.82 Å². The molecule has 3 aromatic rings. The molecule has 1 atom stereocenters. The third-order valence-electron chi connectivity index (χ3n) is 6.07. The van der Waals surface area contributed by atoms with E-state index in [1.54, 1.807) is 12.1 Å². The maximum Gasteiger partial charge on any atom is 0.407 e. The van der Waals surface area contributed by atoms with Gasteiger partial charge in [-0.05, 0) is 36.2 Å². The van der Waals surface area contributed by atoms with Gasteiger partial charge in [-0.3, -0.25) is 4.79 Å². The zero-order chi connectivity index (χ0) is 25.0. The van der Waals surface area contributed by atoms with Crippen molar-refractivity contribution in [3.05, 3.63) is 88.2 Å². The zero-order valence-electron chi connectivity index (χ0n) is 19.3. The van der Waals surface area contributed by atoms with Gasteiger partial charge >= 0.3 is 6.09 Å². The Hall–Kier alpha value is -3.58. The smallest absolute Gasteiger partial charge is 0.407 e. The molecule has 3 N–H and O–H groups in total. The Bertz CT molecular complexity index is 1250. The first-order valence-corrected chi connectivity index (χ1v) is 11.8. The number of hydrogen-bond acceptors (Lipinski definition) is 4. The predicted molar refractivity (Wildman–Crippen MR) is 132 cm³/mol. The van der Waals surface area contributed by atoms with Crippen molar-refractivity contribution in [3.63, 3.8) is 0 Å². The lowest BCUT2D eigenvalue weighted by Gasteiger charge is -2.29. The third-order valence-corrected chi connectivity index (χ3v) is 6.38. The van der Waals surface area contributed by atoms with E-state index < -0.39 is 23.4 Å². The Labute approximate surface area is 208 Å². The quantitative estimate of drug-likeness (QED) is 0.397. The Morgan fingerprint density at radius 1 is 1.11 bits per heavy atom. The van der Waals surface area contributed by atoms with Crippen molar-refractivity contribution in [2.45, 2.75) is 31.8 Å². The molecule has 1 aliphatic heterocycles. The van der Waals surface area contributed by atoms with Crippen molar-refractivity contribution in [2.75, 3.05) is 13.2 Å². The maximum absolute atomic E-state index is 15.1. The summed E-state index contributed by atoms with van der Waals surface area (Å²) in [5.41, 5.74) is 6.39. The first-order chi connectivity index (χ1) is 16.9. The summed E-state index contributed by atoms with van der Waals surface area (Å²) in [7, 11) is 0. The molecule has 0 bridgehead atoms. The van der Waals surface area contributed by atoms with E-state index in [1.165, 1.54) is 18.2 Å². The van der Waals surface area contributed by atoms with Crippen LogP contribution in [0.4, 0.5) is 9.18 Å². The number of fused-ring (bicyclic) bond motifs is 1. The molecular formula is C27H26ClFN2O4. The van der Waals surface area contributed by atoms with Crippen LogP contribution in [0.25, 0.3) is 11.1 Å². The molecule has 182 valence electrons. The number of rotatable bonds is 8. The number of benzene rings is 3. The average Bonchev–Trinajstić information content (AvgIpc) is 3.24. The van der Waals surface area contributed by atoms with E-state index in [0.29, 0.717) is 23.5 Å². The van der Waals surface area contributed by atoms with E-state index in [9.17, 15) is 9.59 Å². The van der Waals surface area contributed by atoms with Crippen molar-refractivity contribution >= 4 is 23.6 Å². The molecule has 6 nitrogen and oxygen atoms in total. The van der Waals surface area contributed by atoms with Crippen LogP contribution in [0.1, 0.15) is 41.3 Å². The predicted octanol–water partition coefficient (Wildman–Crippen LogP) is 5.60. The van der Waals surface area contributed by atoms with Crippen LogP contribution in [0.3, 0.4) is 0 Å². The van der Waals surface area contributed by atoms with Gasteiger partial charge in [0.15, 0.2) is 5.60 Å². The summed E-state index contributed by atoms with van der Waals surface area (Å²) in [5.74, 6) is -0.905.